The summed E-state index contributed by atoms with van der Waals surface area (Å²) in [6.07, 6.45) is -3.80. The van der Waals surface area contributed by atoms with Crippen molar-refractivity contribution in [3.63, 3.8) is 0 Å². The van der Waals surface area contributed by atoms with Crippen molar-refractivity contribution in [3.8, 4) is 0 Å². The van der Waals surface area contributed by atoms with E-state index >= 15 is 0 Å². The molecule has 0 N–H and O–H groups in total. The summed E-state index contributed by atoms with van der Waals surface area (Å²) in [7, 11) is 0. The molecule has 124 valence electrons. The molecule has 0 radical (unpaired) electrons. The van der Waals surface area contributed by atoms with Crippen molar-refractivity contribution >= 4 is 39.7 Å². The summed E-state index contributed by atoms with van der Waals surface area (Å²) in [5, 5.41) is 1.20. The van der Waals surface area contributed by atoms with Crippen LogP contribution in [0.5, 0.6) is 0 Å². The number of halogens is 5. The molecule has 1 aliphatic rings. The average molecular weight is 383 g/mol. The Bertz CT molecular complexity index is 708. The minimum absolute atomic E-state index is 0.295. The fraction of sp³-hybridized carbons (Fsp3) is 0.357. The number of hydrogen-bond acceptors (Lipinski definition) is 4. The molecule has 0 spiro atoms. The van der Waals surface area contributed by atoms with Crippen molar-refractivity contribution in [1.82, 2.24) is 4.98 Å². The number of rotatable bonds is 2. The van der Waals surface area contributed by atoms with Crippen LogP contribution in [-0.4, -0.2) is 24.7 Å². The quantitative estimate of drug-likeness (QED) is 0.726. The number of benzene rings is 1. The molecular weight excluding hydrogens is 372 g/mol. The minimum atomic E-state index is -4.37. The van der Waals surface area contributed by atoms with Crippen LogP contribution in [0.1, 0.15) is 16.5 Å². The van der Waals surface area contributed by atoms with Gasteiger partial charge >= 0.3 is 6.18 Å². The normalized spacial score (nSPS) is 19.2. The molecule has 1 unspecified atom stereocenters. The van der Waals surface area contributed by atoms with Crippen LogP contribution < -0.4 is 4.90 Å². The van der Waals surface area contributed by atoms with Gasteiger partial charge in [-0.1, -0.05) is 40.6 Å². The topological polar surface area (TPSA) is 25.4 Å². The zero-order chi connectivity index (χ0) is 16.6. The zero-order valence-electron chi connectivity index (χ0n) is 11.6. The molecule has 9 heteroatoms. The lowest BCUT2D eigenvalue weighted by molar-refractivity contribution is -0.134. The van der Waals surface area contributed by atoms with Gasteiger partial charge in [-0.3, -0.25) is 0 Å². The fourth-order valence-electron chi connectivity index (χ4n) is 2.28. The van der Waals surface area contributed by atoms with Gasteiger partial charge in [0.15, 0.2) is 5.13 Å². The number of nitrogens with zero attached hydrogens (tertiary/aromatic N) is 2. The van der Waals surface area contributed by atoms with Gasteiger partial charge in [0.05, 0.1) is 29.4 Å². The SMILES string of the molecule is FC(F)(F)c1cnc(N2CCOC(c3ccc(Cl)c(Cl)c3)C2)s1. The maximum absolute atomic E-state index is 12.7. The third-order valence-electron chi connectivity index (χ3n) is 3.43. The van der Waals surface area contributed by atoms with Gasteiger partial charge in [-0.25, -0.2) is 4.98 Å². The lowest BCUT2D eigenvalue weighted by atomic mass is 10.1. The Morgan fingerprint density at radius 1 is 1.26 bits per heavy atom. The highest BCUT2D eigenvalue weighted by Gasteiger charge is 2.34. The highest BCUT2D eigenvalue weighted by Crippen LogP contribution is 2.37. The lowest BCUT2D eigenvalue weighted by Gasteiger charge is -2.33. The second-order valence-corrected chi connectivity index (χ2v) is 6.81. The molecule has 3 nitrogen and oxygen atoms in total. The molecule has 0 saturated carbocycles. The van der Waals surface area contributed by atoms with Gasteiger partial charge in [-0.05, 0) is 17.7 Å². The standard InChI is InChI=1S/C14H11Cl2F3N2OS/c15-9-2-1-8(5-10(9)16)11-7-21(3-4-22-11)13-20-6-12(23-13)14(17,18)19/h1-2,5-6,11H,3-4,7H2. The predicted octanol–water partition coefficient (Wildman–Crippen LogP) is 5.05. The molecule has 23 heavy (non-hydrogen) atoms. The first-order valence-corrected chi connectivity index (χ1v) is 8.26. The molecule has 1 aliphatic heterocycles. The first kappa shape index (κ1) is 16.8. The van der Waals surface area contributed by atoms with Crippen LogP contribution in [0.2, 0.25) is 10.0 Å². The summed E-state index contributed by atoms with van der Waals surface area (Å²) in [5.74, 6) is 0. The predicted molar refractivity (Wildman–Crippen MR) is 84.5 cm³/mol. The number of anilines is 1. The lowest BCUT2D eigenvalue weighted by Crippen LogP contribution is -2.38. The second kappa shape index (κ2) is 6.47. The minimum Gasteiger partial charge on any atom is -0.370 e. The van der Waals surface area contributed by atoms with Crippen LogP contribution in [0.4, 0.5) is 18.3 Å². The number of aromatic nitrogens is 1. The Kier molecular flexibility index (Phi) is 4.73. The van der Waals surface area contributed by atoms with Crippen LogP contribution in [-0.2, 0) is 10.9 Å². The summed E-state index contributed by atoms with van der Waals surface area (Å²) in [6.45, 7) is 1.29. The highest BCUT2D eigenvalue weighted by molar-refractivity contribution is 7.15. The van der Waals surface area contributed by atoms with E-state index in [1.165, 1.54) is 0 Å². The summed E-state index contributed by atoms with van der Waals surface area (Å²) >= 11 is 12.5. The van der Waals surface area contributed by atoms with E-state index in [4.69, 9.17) is 27.9 Å². The smallest absolute Gasteiger partial charge is 0.370 e. The molecule has 2 heterocycles. The monoisotopic (exact) mass is 382 g/mol. The summed E-state index contributed by atoms with van der Waals surface area (Å²) in [6, 6.07) is 5.18. The highest BCUT2D eigenvalue weighted by atomic mass is 35.5. The summed E-state index contributed by atoms with van der Waals surface area (Å²) in [4.78, 5) is 4.97. The first-order valence-electron chi connectivity index (χ1n) is 6.69. The molecular formula is C14H11Cl2F3N2OS. The summed E-state index contributed by atoms with van der Waals surface area (Å²) < 4.78 is 43.8. The average Bonchev–Trinajstić information content (AvgIpc) is 3.00. The molecule has 0 amide bonds. The van der Waals surface area contributed by atoms with Gasteiger partial charge in [-0.2, -0.15) is 13.2 Å². The Morgan fingerprint density at radius 2 is 2.04 bits per heavy atom. The molecule has 1 aromatic heterocycles. The largest absolute Gasteiger partial charge is 0.427 e. The maximum atomic E-state index is 12.7. The molecule has 1 saturated heterocycles. The van der Waals surface area contributed by atoms with Gasteiger partial charge < -0.3 is 9.64 Å². The zero-order valence-corrected chi connectivity index (χ0v) is 13.9. The molecule has 2 aromatic rings. The Hall–Kier alpha value is -1.02. The van der Waals surface area contributed by atoms with Crippen molar-refractivity contribution in [1.29, 1.82) is 0 Å². The van der Waals surface area contributed by atoms with E-state index in [2.05, 4.69) is 4.98 Å². The van der Waals surface area contributed by atoms with Crippen molar-refractivity contribution in [2.45, 2.75) is 12.3 Å². The van der Waals surface area contributed by atoms with Crippen LogP contribution in [0.15, 0.2) is 24.4 Å². The maximum Gasteiger partial charge on any atom is 0.427 e. The van der Waals surface area contributed by atoms with Crippen molar-refractivity contribution in [2.24, 2.45) is 0 Å². The van der Waals surface area contributed by atoms with E-state index in [0.717, 1.165) is 11.8 Å². The van der Waals surface area contributed by atoms with E-state index in [9.17, 15) is 13.2 Å². The number of hydrogen-bond donors (Lipinski definition) is 0. The molecule has 1 aromatic carbocycles. The Labute approximate surface area is 144 Å². The van der Waals surface area contributed by atoms with Crippen LogP contribution in [0, 0.1) is 0 Å². The van der Waals surface area contributed by atoms with Crippen molar-refractivity contribution in [2.75, 3.05) is 24.6 Å². The fourth-order valence-corrected chi connectivity index (χ4v) is 3.40. The second-order valence-electron chi connectivity index (χ2n) is 4.98. The van der Waals surface area contributed by atoms with Gasteiger partial charge in [0.25, 0.3) is 0 Å². The molecule has 3 rings (SSSR count). The third-order valence-corrected chi connectivity index (χ3v) is 5.27. The number of alkyl halides is 3. The Morgan fingerprint density at radius 3 is 2.70 bits per heavy atom. The van der Waals surface area contributed by atoms with Gasteiger partial charge in [-0.15, -0.1) is 0 Å². The molecule has 0 aliphatic carbocycles. The van der Waals surface area contributed by atoms with Crippen LogP contribution in [0.3, 0.4) is 0 Å². The first-order chi connectivity index (χ1) is 10.8. The molecule has 1 atom stereocenters. The summed E-state index contributed by atoms with van der Waals surface area (Å²) in [5.41, 5.74) is 0.830. The third kappa shape index (κ3) is 3.74. The number of thiazole rings is 1. The van der Waals surface area contributed by atoms with E-state index in [0.29, 0.717) is 46.2 Å². The van der Waals surface area contributed by atoms with Crippen LogP contribution >= 0.6 is 34.5 Å². The van der Waals surface area contributed by atoms with E-state index in [1.54, 1.807) is 23.1 Å². The van der Waals surface area contributed by atoms with E-state index < -0.39 is 11.1 Å². The van der Waals surface area contributed by atoms with E-state index in [1.807, 2.05) is 0 Å². The Balaban J connectivity index is 1.78. The molecule has 1 fully saturated rings. The van der Waals surface area contributed by atoms with Crippen molar-refractivity contribution < 1.29 is 17.9 Å². The number of morpholine rings is 1. The van der Waals surface area contributed by atoms with Crippen LogP contribution in [0.25, 0.3) is 0 Å². The van der Waals surface area contributed by atoms with Crippen molar-refractivity contribution in [3.05, 3.63) is 44.9 Å². The number of ether oxygens (including phenoxy) is 1. The van der Waals surface area contributed by atoms with Gasteiger partial charge in [0, 0.05) is 6.54 Å². The van der Waals surface area contributed by atoms with E-state index in [-0.39, 0.29) is 6.10 Å². The van der Waals surface area contributed by atoms with Gasteiger partial charge in [0.1, 0.15) is 11.0 Å². The van der Waals surface area contributed by atoms with Gasteiger partial charge in [0.2, 0.25) is 0 Å². The molecule has 0 bridgehead atoms.